The van der Waals surface area contributed by atoms with Gasteiger partial charge in [-0.05, 0) is 0 Å². The highest BCUT2D eigenvalue weighted by Gasteiger charge is 2.02. The fourth-order valence-corrected chi connectivity index (χ4v) is 0.207. The Hall–Kier alpha value is -0.860. The molecule has 0 rings (SSSR count). The highest BCUT2D eigenvalue weighted by molar-refractivity contribution is 5.77. The summed E-state index contributed by atoms with van der Waals surface area (Å²) in [7, 11) is 0. The Balaban J connectivity index is 3.48. The zero-order valence-corrected chi connectivity index (χ0v) is 5.14. The molecule has 0 heterocycles. The number of rotatable bonds is 2. The van der Waals surface area contributed by atoms with Gasteiger partial charge < -0.3 is 0 Å². The van der Waals surface area contributed by atoms with Crippen LogP contribution in [-0.2, 0) is 4.79 Å². The quantitative estimate of drug-likeness (QED) is 0.409. The number of hydrogen-bond donors (Lipinski definition) is 1. The summed E-state index contributed by atoms with van der Waals surface area (Å²) < 4.78 is 0. The molecular weight excluding hydrogens is 104 g/mol. The van der Waals surface area contributed by atoms with Gasteiger partial charge in [0.25, 0.3) is 0 Å². The first-order valence-corrected chi connectivity index (χ1v) is 2.44. The zero-order valence-electron chi connectivity index (χ0n) is 5.14. The van der Waals surface area contributed by atoms with Crippen LogP contribution >= 0.6 is 0 Å². The van der Waals surface area contributed by atoms with E-state index in [4.69, 9.17) is 0 Å². The number of carbonyl (C=O) groups is 1. The van der Waals surface area contributed by atoms with Gasteiger partial charge in [-0.25, -0.2) is 5.43 Å². The van der Waals surface area contributed by atoms with Gasteiger partial charge in [0.05, 0.1) is 0 Å². The molecule has 0 aliphatic carbocycles. The first-order valence-electron chi connectivity index (χ1n) is 2.44. The summed E-state index contributed by atoms with van der Waals surface area (Å²) in [6.45, 7) is 6.69. The minimum absolute atomic E-state index is 0.0134. The summed E-state index contributed by atoms with van der Waals surface area (Å²) >= 11 is 0. The molecule has 0 aromatic rings. The maximum absolute atomic E-state index is 10.5. The van der Waals surface area contributed by atoms with Crippen LogP contribution in [0.2, 0.25) is 0 Å². The summed E-state index contributed by atoms with van der Waals surface area (Å²) in [4.78, 5) is 10.5. The van der Waals surface area contributed by atoms with Crippen LogP contribution in [0.3, 0.4) is 0 Å². The number of nitrogens with zero attached hydrogens (tertiary/aromatic N) is 1. The van der Waals surface area contributed by atoms with E-state index in [-0.39, 0.29) is 11.8 Å². The van der Waals surface area contributed by atoms with Gasteiger partial charge in [-0.1, -0.05) is 13.8 Å². The lowest BCUT2D eigenvalue weighted by atomic mass is 10.2. The highest BCUT2D eigenvalue weighted by Crippen LogP contribution is 1.88. The molecule has 0 aromatic carbocycles. The lowest BCUT2D eigenvalue weighted by Crippen LogP contribution is -2.21. The zero-order chi connectivity index (χ0) is 6.57. The largest absolute Gasteiger partial charge is 0.273 e. The van der Waals surface area contributed by atoms with Gasteiger partial charge in [-0.3, -0.25) is 4.79 Å². The van der Waals surface area contributed by atoms with E-state index in [1.807, 2.05) is 0 Å². The minimum Gasteiger partial charge on any atom is -0.273 e. The molecule has 0 spiro atoms. The second-order valence-electron chi connectivity index (χ2n) is 1.79. The Labute approximate surface area is 48.8 Å². The minimum atomic E-state index is -0.0972. The molecule has 1 amide bonds. The van der Waals surface area contributed by atoms with E-state index >= 15 is 0 Å². The van der Waals surface area contributed by atoms with Gasteiger partial charge in [0.2, 0.25) is 5.91 Å². The van der Waals surface area contributed by atoms with Crippen LogP contribution in [0.25, 0.3) is 0 Å². The summed E-state index contributed by atoms with van der Waals surface area (Å²) in [5.74, 6) is -0.111. The third-order valence-corrected chi connectivity index (χ3v) is 0.714. The molecule has 0 saturated carbocycles. The molecule has 0 saturated heterocycles. The van der Waals surface area contributed by atoms with Gasteiger partial charge >= 0.3 is 0 Å². The molecule has 0 aliphatic heterocycles. The molecule has 3 heteroatoms. The van der Waals surface area contributed by atoms with E-state index < -0.39 is 0 Å². The van der Waals surface area contributed by atoms with E-state index in [1.54, 1.807) is 13.8 Å². The Morgan fingerprint density at radius 3 is 2.38 bits per heavy atom. The van der Waals surface area contributed by atoms with Crippen LogP contribution in [0.5, 0.6) is 0 Å². The summed E-state index contributed by atoms with van der Waals surface area (Å²) in [5, 5.41) is 3.21. The van der Waals surface area contributed by atoms with E-state index in [0.717, 1.165) is 0 Å². The summed E-state index contributed by atoms with van der Waals surface area (Å²) in [6.07, 6.45) is 0. The van der Waals surface area contributed by atoms with E-state index in [1.165, 1.54) is 0 Å². The van der Waals surface area contributed by atoms with Crippen LogP contribution in [0, 0.1) is 5.92 Å². The fraction of sp³-hybridized carbons (Fsp3) is 0.600. The predicted octanol–water partition coefficient (Wildman–Crippen LogP) is 0.374. The third kappa shape index (κ3) is 2.34. The molecule has 0 aliphatic rings. The lowest BCUT2D eigenvalue weighted by Gasteiger charge is -1.98. The summed E-state index contributed by atoms with van der Waals surface area (Å²) in [5.41, 5.74) is 2.22. The van der Waals surface area contributed by atoms with Crippen LogP contribution in [-0.4, -0.2) is 12.6 Å². The normalized spacial score (nSPS) is 8.88. The molecule has 0 radical (unpaired) electrons. The van der Waals surface area contributed by atoms with E-state index in [9.17, 15) is 4.79 Å². The number of amides is 1. The first kappa shape index (κ1) is 7.14. The maximum atomic E-state index is 10.5. The molecular formula is C5H10N2O. The van der Waals surface area contributed by atoms with Crippen molar-refractivity contribution in [2.45, 2.75) is 13.8 Å². The van der Waals surface area contributed by atoms with Crippen LogP contribution in [0.1, 0.15) is 13.8 Å². The third-order valence-electron chi connectivity index (χ3n) is 0.714. The van der Waals surface area contributed by atoms with Crippen molar-refractivity contribution < 1.29 is 4.79 Å². The molecule has 0 bridgehead atoms. The Bertz CT molecular complexity index is 98.6. The standard InChI is InChI=1S/C5H10N2O/c1-4(2)5(8)7-6-3/h4H,3H2,1-2H3,(H,7,8). The maximum Gasteiger partial charge on any atom is 0.242 e. The molecule has 0 fully saturated rings. The number of nitrogens with one attached hydrogen (secondary N) is 1. The van der Waals surface area contributed by atoms with Crippen LogP contribution in [0.4, 0.5) is 0 Å². The van der Waals surface area contributed by atoms with Crippen molar-refractivity contribution in [3.05, 3.63) is 0 Å². The van der Waals surface area contributed by atoms with Crippen molar-refractivity contribution >= 4 is 12.6 Å². The second-order valence-corrected chi connectivity index (χ2v) is 1.79. The Morgan fingerprint density at radius 1 is 1.75 bits per heavy atom. The van der Waals surface area contributed by atoms with Crippen molar-refractivity contribution in [3.8, 4) is 0 Å². The highest BCUT2D eigenvalue weighted by atomic mass is 16.2. The average Bonchev–Trinajstić information content (AvgIpc) is 1.67. The first-order chi connectivity index (χ1) is 3.68. The SMILES string of the molecule is C=NNC(=O)C(C)C. The summed E-state index contributed by atoms with van der Waals surface area (Å²) in [6, 6.07) is 0. The second kappa shape index (κ2) is 3.18. The molecule has 46 valence electrons. The molecule has 0 atom stereocenters. The number of hydrogen-bond acceptors (Lipinski definition) is 2. The van der Waals surface area contributed by atoms with Crippen molar-refractivity contribution in [3.63, 3.8) is 0 Å². The monoisotopic (exact) mass is 114 g/mol. The fourth-order valence-electron chi connectivity index (χ4n) is 0.207. The van der Waals surface area contributed by atoms with E-state index in [0.29, 0.717) is 0 Å². The Kier molecular flexibility index (Phi) is 2.84. The van der Waals surface area contributed by atoms with Gasteiger partial charge in [0, 0.05) is 12.6 Å². The molecule has 1 N–H and O–H groups in total. The van der Waals surface area contributed by atoms with Gasteiger partial charge in [-0.2, -0.15) is 5.10 Å². The Morgan fingerprint density at radius 2 is 2.25 bits per heavy atom. The average molecular weight is 114 g/mol. The van der Waals surface area contributed by atoms with Crippen molar-refractivity contribution in [1.82, 2.24) is 5.43 Å². The van der Waals surface area contributed by atoms with E-state index in [2.05, 4.69) is 17.2 Å². The predicted molar refractivity (Wildman–Crippen MR) is 32.5 cm³/mol. The molecule has 8 heavy (non-hydrogen) atoms. The molecule has 3 nitrogen and oxygen atoms in total. The van der Waals surface area contributed by atoms with Crippen LogP contribution < -0.4 is 5.43 Å². The lowest BCUT2D eigenvalue weighted by molar-refractivity contribution is -0.123. The number of carbonyl (C=O) groups excluding carboxylic acids is 1. The van der Waals surface area contributed by atoms with Crippen molar-refractivity contribution in [1.29, 1.82) is 0 Å². The van der Waals surface area contributed by atoms with Gasteiger partial charge in [0.15, 0.2) is 0 Å². The van der Waals surface area contributed by atoms with Crippen LogP contribution in [0.15, 0.2) is 5.10 Å². The van der Waals surface area contributed by atoms with Crippen molar-refractivity contribution in [2.75, 3.05) is 0 Å². The number of hydrazone groups is 1. The van der Waals surface area contributed by atoms with Gasteiger partial charge in [0.1, 0.15) is 0 Å². The topological polar surface area (TPSA) is 41.5 Å². The van der Waals surface area contributed by atoms with Gasteiger partial charge in [-0.15, -0.1) is 0 Å². The molecule has 0 aromatic heterocycles. The smallest absolute Gasteiger partial charge is 0.242 e. The molecule has 0 unspecified atom stereocenters. The van der Waals surface area contributed by atoms with Crippen molar-refractivity contribution in [2.24, 2.45) is 11.0 Å².